The molecule has 0 bridgehead atoms. The largest absolute Gasteiger partial charge is 0.493 e. The van der Waals surface area contributed by atoms with Gasteiger partial charge in [-0.2, -0.15) is 0 Å². The number of nitrogens with zero attached hydrogens (tertiary/aromatic N) is 1. The van der Waals surface area contributed by atoms with E-state index < -0.39 is 0 Å². The summed E-state index contributed by atoms with van der Waals surface area (Å²) in [6, 6.07) is 14.1. The summed E-state index contributed by atoms with van der Waals surface area (Å²) < 4.78 is 10.7. The molecular weight excluding hydrogens is 340 g/mol. The molecule has 0 radical (unpaired) electrons. The zero-order valence-corrected chi connectivity index (χ0v) is 16.3. The number of rotatable bonds is 6. The molecule has 1 amide bonds. The number of piperidine rings is 1. The molecule has 5 nitrogen and oxygen atoms in total. The standard InChI is InChI=1S/C22H28N2O3/c1-16-12-20(26-2)21(27-3)13-19(16)23-22(25)18-10-7-11-24(15-18)14-17-8-5-4-6-9-17/h4-6,8-9,12-13,18H,7,10-11,14-15H2,1-3H3,(H,23,25). The Hall–Kier alpha value is -2.53. The van der Waals surface area contributed by atoms with Crippen molar-refractivity contribution < 1.29 is 14.3 Å². The Morgan fingerprint density at radius 1 is 1.15 bits per heavy atom. The van der Waals surface area contributed by atoms with Gasteiger partial charge in [0.25, 0.3) is 0 Å². The van der Waals surface area contributed by atoms with Crippen LogP contribution in [0, 0.1) is 12.8 Å². The molecule has 2 aromatic carbocycles. The predicted molar refractivity (Wildman–Crippen MR) is 107 cm³/mol. The van der Waals surface area contributed by atoms with Crippen LogP contribution < -0.4 is 14.8 Å². The number of carbonyl (C=O) groups is 1. The van der Waals surface area contributed by atoms with Gasteiger partial charge in [-0.1, -0.05) is 30.3 Å². The third-order valence-electron chi connectivity index (χ3n) is 5.11. The Morgan fingerprint density at radius 3 is 2.56 bits per heavy atom. The summed E-state index contributed by atoms with van der Waals surface area (Å²) in [6.07, 6.45) is 1.96. The number of aryl methyl sites for hydroxylation is 1. The summed E-state index contributed by atoms with van der Waals surface area (Å²) in [6.45, 7) is 4.67. The summed E-state index contributed by atoms with van der Waals surface area (Å²) in [5.74, 6) is 1.35. The van der Waals surface area contributed by atoms with Crippen molar-refractivity contribution in [3.63, 3.8) is 0 Å². The zero-order chi connectivity index (χ0) is 19.2. The van der Waals surface area contributed by atoms with E-state index in [1.165, 1.54) is 5.56 Å². The van der Waals surface area contributed by atoms with E-state index in [1.807, 2.05) is 25.1 Å². The first-order valence-corrected chi connectivity index (χ1v) is 9.40. The van der Waals surface area contributed by atoms with Crippen molar-refractivity contribution in [2.24, 2.45) is 5.92 Å². The fraction of sp³-hybridized carbons (Fsp3) is 0.409. The number of likely N-dealkylation sites (tertiary alicyclic amines) is 1. The molecule has 1 N–H and O–H groups in total. The molecule has 0 aromatic heterocycles. The minimum Gasteiger partial charge on any atom is -0.493 e. The molecular formula is C22H28N2O3. The van der Waals surface area contributed by atoms with Crippen molar-refractivity contribution in [1.29, 1.82) is 0 Å². The Balaban J connectivity index is 1.65. The molecule has 5 heteroatoms. The Morgan fingerprint density at radius 2 is 1.85 bits per heavy atom. The molecule has 0 saturated carbocycles. The van der Waals surface area contributed by atoms with Gasteiger partial charge in [0.05, 0.1) is 20.1 Å². The first-order valence-electron chi connectivity index (χ1n) is 9.40. The summed E-state index contributed by atoms with van der Waals surface area (Å²) in [5.41, 5.74) is 3.02. The van der Waals surface area contributed by atoms with Gasteiger partial charge in [0.2, 0.25) is 5.91 Å². The predicted octanol–water partition coefficient (Wildman–Crippen LogP) is 3.86. The number of benzene rings is 2. The maximum atomic E-state index is 12.9. The van der Waals surface area contributed by atoms with Gasteiger partial charge >= 0.3 is 0 Å². The molecule has 3 rings (SSSR count). The highest BCUT2D eigenvalue weighted by Crippen LogP contribution is 2.33. The van der Waals surface area contributed by atoms with E-state index in [4.69, 9.17) is 9.47 Å². The minimum absolute atomic E-state index is 0.00467. The lowest BCUT2D eigenvalue weighted by Crippen LogP contribution is -2.40. The monoisotopic (exact) mass is 368 g/mol. The molecule has 1 aliphatic heterocycles. The van der Waals surface area contributed by atoms with Crippen LogP contribution in [0.1, 0.15) is 24.0 Å². The lowest BCUT2D eigenvalue weighted by molar-refractivity contribution is -0.121. The van der Waals surface area contributed by atoms with Gasteiger partial charge in [0.15, 0.2) is 11.5 Å². The van der Waals surface area contributed by atoms with Crippen LogP contribution in [0.3, 0.4) is 0 Å². The minimum atomic E-state index is -0.00467. The van der Waals surface area contributed by atoms with Gasteiger partial charge in [0.1, 0.15) is 0 Å². The number of hydrogen-bond acceptors (Lipinski definition) is 4. The van der Waals surface area contributed by atoms with Gasteiger partial charge in [-0.3, -0.25) is 9.69 Å². The fourth-order valence-electron chi connectivity index (χ4n) is 3.60. The molecule has 1 saturated heterocycles. The van der Waals surface area contributed by atoms with E-state index >= 15 is 0 Å². The number of hydrogen-bond donors (Lipinski definition) is 1. The van der Waals surface area contributed by atoms with Crippen LogP contribution in [-0.2, 0) is 11.3 Å². The average molecular weight is 368 g/mol. The van der Waals surface area contributed by atoms with Crippen molar-refractivity contribution in [3.05, 3.63) is 53.6 Å². The molecule has 1 fully saturated rings. The summed E-state index contributed by atoms with van der Waals surface area (Å²) >= 11 is 0. The lowest BCUT2D eigenvalue weighted by Gasteiger charge is -2.32. The highest BCUT2D eigenvalue weighted by Gasteiger charge is 2.26. The number of nitrogens with one attached hydrogen (secondary N) is 1. The van der Waals surface area contributed by atoms with Crippen LogP contribution in [0.4, 0.5) is 5.69 Å². The quantitative estimate of drug-likeness (QED) is 0.841. The molecule has 2 aromatic rings. The highest BCUT2D eigenvalue weighted by molar-refractivity contribution is 5.94. The van der Waals surface area contributed by atoms with E-state index in [1.54, 1.807) is 14.2 Å². The van der Waals surface area contributed by atoms with Crippen molar-refractivity contribution in [2.75, 3.05) is 32.6 Å². The average Bonchev–Trinajstić information content (AvgIpc) is 2.70. The van der Waals surface area contributed by atoms with E-state index in [0.717, 1.165) is 43.7 Å². The molecule has 27 heavy (non-hydrogen) atoms. The van der Waals surface area contributed by atoms with E-state index in [2.05, 4.69) is 34.5 Å². The highest BCUT2D eigenvalue weighted by atomic mass is 16.5. The molecule has 1 heterocycles. The van der Waals surface area contributed by atoms with E-state index in [-0.39, 0.29) is 11.8 Å². The molecule has 0 spiro atoms. The smallest absolute Gasteiger partial charge is 0.228 e. The second-order valence-electron chi connectivity index (χ2n) is 7.07. The SMILES string of the molecule is COc1cc(C)c(NC(=O)C2CCCN(Cc3ccccc3)C2)cc1OC. The first-order chi connectivity index (χ1) is 13.1. The fourth-order valence-corrected chi connectivity index (χ4v) is 3.60. The van der Waals surface area contributed by atoms with E-state index in [0.29, 0.717) is 11.5 Å². The van der Waals surface area contributed by atoms with Crippen LogP contribution in [0.15, 0.2) is 42.5 Å². The molecule has 1 atom stereocenters. The van der Waals surface area contributed by atoms with Crippen molar-refractivity contribution in [1.82, 2.24) is 4.90 Å². The molecule has 144 valence electrons. The van der Waals surface area contributed by atoms with Gasteiger partial charge in [0, 0.05) is 24.8 Å². The number of ether oxygens (including phenoxy) is 2. The molecule has 1 unspecified atom stereocenters. The van der Waals surface area contributed by atoms with Gasteiger partial charge in [-0.05, 0) is 43.5 Å². The second-order valence-corrected chi connectivity index (χ2v) is 7.07. The Bertz CT molecular complexity index is 777. The number of methoxy groups -OCH3 is 2. The van der Waals surface area contributed by atoms with E-state index in [9.17, 15) is 4.79 Å². The van der Waals surface area contributed by atoms with Gasteiger partial charge < -0.3 is 14.8 Å². The van der Waals surface area contributed by atoms with Crippen LogP contribution >= 0.6 is 0 Å². The number of amides is 1. The van der Waals surface area contributed by atoms with Crippen molar-refractivity contribution in [3.8, 4) is 11.5 Å². The number of carbonyl (C=O) groups excluding carboxylic acids is 1. The maximum Gasteiger partial charge on any atom is 0.228 e. The van der Waals surface area contributed by atoms with Crippen molar-refractivity contribution >= 4 is 11.6 Å². The van der Waals surface area contributed by atoms with Crippen molar-refractivity contribution in [2.45, 2.75) is 26.3 Å². The third-order valence-corrected chi connectivity index (χ3v) is 5.11. The molecule has 0 aliphatic carbocycles. The number of anilines is 1. The zero-order valence-electron chi connectivity index (χ0n) is 16.3. The normalized spacial score (nSPS) is 17.4. The topological polar surface area (TPSA) is 50.8 Å². The lowest BCUT2D eigenvalue weighted by atomic mass is 9.96. The van der Waals surface area contributed by atoms with Crippen LogP contribution in [-0.4, -0.2) is 38.1 Å². The molecule has 1 aliphatic rings. The van der Waals surface area contributed by atoms with Crippen LogP contribution in [0.25, 0.3) is 0 Å². The third kappa shape index (κ3) is 4.80. The first kappa shape index (κ1) is 19.2. The Labute approximate surface area is 161 Å². The summed E-state index contributed by atoms with van der Waals surface area (Å²) in [7, 11) is 3.21. The van der Waals surface area contributed by atoms with Gasteiger partial charge in [-0.25, -0.2) is 0 Å². The maximum absolute atomic E-state index is 12.9. The van der Waals surface area contributed by atoms with Crippen LogP contribution in [0.2, 0.25) is 0 Å². The summed E-state index contributed by atoms with van der Waals surface area (Å²) in [5, 5.41) is 3.09. The second kappa shape index (κ2) is 8.91. The summed E-state index contributed by atoms with van der Waals surface area (Å²) in [4.78, 5) is 15.2. The van der Waals surface area contributed by atoms with Crippen LogP contribution in [0.5, 0.6) is 11.5 Å². The Kier molecular flexibility index (Phi) is 6.35. The van der Waals surface area contributed by atoms with Gasteiger partial charge in [-0.15, -0.1) is 0 Å².